The number of aryl methyl sites for hydroxylation is 1. The Labute approximate surface area is 275 Å². The van der Waals surface area contributed by atoms with Gasteiger partial charge in [0.15, 0.2) is 13.9 Å². The maximum atomic E-state index is 14.7. The van der Waals surface area contributed by atoms with Gasteiger partial charge in [0, 0.05) is 54.0 Å². The van der Waals surface area contributed by atoms with Gasteiger partial charge < -0.3 is 29.6 Å². The molecule has 2 amide bonds. The fraction of sp³-hybridized carbons (Fsp3) is 0.371. The van der Waals surface area contributed by atoms with Crippen LogP contribution in [0.25, 0.3) is 0 Å². The first-order chi connectivity index (χ1) is 22.5. The zero-order valence-electron chi connectivity index (χ0n) is 27.1. The van der Waals surface area contributed by atoms with Crippen LogP contribution in [-0.4, -0.2) is 64.8 Å². The van der Waals surface area contributed by atoms with E-state index in [-0.39, 0.29) is 42.5 Å². The molecule has 47 heavy (non-hydrogen) atoms. The molecule has 3 aromatic carbocycles. The summed E-state index contributed by atoms with van der Waals surface area (Å²) in [6.07, 6.45) is 2.40. The number of aromatic nitrogens is 3. The number of benzene rings is 3. The number of methoxy groups -OCH3 is 1. The van der Waals surface area contributed by atoms with Gasteiger partial charge >= 0.3 is 0 Å². The molecule has 1 aromatic heterocycles. The number of rotatable bonds is 11. The summed E-state index contributed by atoms with van der Waals surface area (Å²) in [4.78, 5) is 40.9. The number of aliphatic hydroxyl groups excluding tert-OH is 1. The molecule has 246 valence electrons. The van der Waals surface area contributed by atoms with Crippen LogP contribution in [0.1, 0.15) is 40.5 Å². The van der Waals surface area contributed by atoms with Crippen molar-refractivity contribution in [1.82, 2.24) is 15.0 Å². The molecule has 0 bridgehead atoms. The number of fused-ring (bicyclic) bond motifs is 2. The zero-order valence-corrected chi connectivity index (χ0v) is 28.1. The Morgan fingerprint density at radius 2 is 1.87 bits per heavy atom. The molecule has 0 unspecified atom stereocenters. The van der Waals surface area contributed by atoms with E-state index in [4.69, 9.17) is 9.47 Å². The number of ether oxygens (including phenoxy) is 2. The van der Waals surface area contributed by atoms with E-state index in [0.29, 0.717) is 42.1 Å². The number of nitrogens with one attached hydrogen (secondary N) is 1. The molecule has 2 aliphatic rings. The largest absolute Gasteiger partial charge is 0.497 e. The lowest BCUT2D eigenvalue weighted by Gasteiger charge is -2.32. The van der Waals surface area contributed by atoms with E-state index in [1.165, 1.54) is 0 Å². The van der Waals surface area contributed by atoms with E-state index in [1.54, 1.807) is 41.0 Å². The summed E-state index contributed by atoms with van der Waals surface area (Å²) in [5.41, 5.74) is 2.79. The SMILES string of the molecule is COc1ccc(C(=O)Nc2cccc(CN3C(=O)[C@]4(O[C@H](CCn5cc(CCO)nn5)[C@@H]([Si](C)(C)O)[C@@H]4C)c4ccccc43)c2)cc1. The van der Waals surface area contributed by atoms with Crippen molar-refractivity contribution in [2.24, 2.45) is 5.92 Å². The van der Waals surface area contributed by atoms with E-state index in [0.717, 1.165) is 16.8 Å². The van der Waals surface area contributed by atoms with Gasteiger partial charge in [-0.05, 0) is 67.5 Å². The minimum atomic E-state index is -2.81. The zero-order chi connectivity index (χ0) is 33.3. The molecule has 0 saturated carbocycles. The lowest BCUT2D eigenvalue weighted by Crippen LogP contribution is -2.46. The van der Waals surface area contributed by atoms with Crippen molar-refractivity contribution in [3.05, 3.63) is 101 Å². The van der Waals surface area contributed by atoms with Crippen LogP contribution in [0.5, 0.6) is 5.75 Å². The Morgan fingerprint density at radius 3 is 2.60 bits per heavy atom. The van der Waals surface area contributed by atoms with Gasteiger partial charge in [-0.15, -0.1) is 5.10 Å². The van der Waals surface area contributed by atoms with E-state index >= 15 is 0 Å². The van der Waals surface area contributed by atoms with Gasteiger partial charge in [-0.2, -0.15) is 0 Å². The number of hydrogen-bond donors (Lipinski definition) is 3. The topological polar surface area (TPSA) is 139 Å². The molecular weight excluding hydrogens is 615 g/mol. The number of para-hydroxylation sites is 1. The number of carbonyl (C=O) groups excluding carboxylic acids is 2. The Hall–Kier alpha value is -4.36. The van der Waals surface area contributed by atoms with E-state index in [9.17, 15) is 19.5 Å². The molecule has 1 saturated heterocycles. The van der Waals surface area contributed by atoms with E-state index in [1.807, 2.05) is 74.7 Å². The second-order valence-corrected chi connectivity index (χ2v) is 16.9. The van der Waals surface area contributed by atoms with Crippen molar-refractivity contribution < 1.29 is 29.0 Å². The summed E-state index contributed by atoms with van der Waals surface area (Å²) in [7, 11) is -1.24. The lowest BCUT2D eigenvalue weighted by atomic mass is 9.82. The Morgan fingerprint density at radius 1 is 1.11 bits per heavy atom. The highest BCUT2D eigenvalue weighted by molar-refractivity contribution is 6.71. The van der Waals surface area contributed by atoms with Crippen LogP contribution in [0.4, 0.5) is 11.4 Å². The van der Waals surface area contributed by atoms with E-state index in [2.05, 4.69) is 15.6 Å². The second kappa shape index (κ2) is 13.0. The molecule has 0 radical (unpaired) electrons. The van der Waals surface area contributed by atoms with Crippen molar-refractivity contribution in [3.63, 3.8) is 0 Å². The number of nitrogens with zero attached hydrogens (tertiary/aromatic N) is 4. The van der Waals surface area contributed by atoms with Gasteiger partial charge in [-0.1, -0.05) is 42.5 Å². The summed E-state index contributed by atoms with van der Waals surface area (Å²) >= 11 is 0. The summed E-state index contributed by atoms with van der Waals surface area (Å²) in [6, 6.07) is 22.1. The van der Waals surface area contributed by atoms with Crippen molar-refractivity contribution in [2.45, 2.75) is 63.2 Å². The number of aliphatic hydroxyl groups is 1. The number of anilines is 2. The van der Waals surface area contributed by atoms with Crippen molar-refractivity contribution in [2.75, 3.05) is 23.9 Å². The minimum absolute atomic E-state index is 0.00249. The fourth-order valence-corrected chi connectivity index (χ4v) is 9.87. The van der Waals surface area contributed by atoms with Crippen LogP contribution in [-0.2, 0) is 34.6 Å². The van der Waals surface area contributed by atoms with Crippen molar-refractivity contribution in [1.29, 1.82) is 0 Å². The highest BCUT2D eigenvalue weighted by Crippen LogP contribution is 2.59. The van der Waals surface area contributed by atoms with Crippen LogP contribution in [0.2, 0.25) is 18.6 Å². The Balaban J connectivity index is 1.25. The molecule has 0 aliphatic carbocycles. The van der Waals surface area contributed by atoms with Crippen molar-refractivity contribution in [3.8, 4) is 5.75 Å². The highest BCUT2D eigenvalue weighted by atomic mass is 28.4. The monoisotopic (exact) mass is 655 g/mol. The second-order valence-electron chi connectivity index (χ2n) is 12.9. The predicted molar refractivity (Wildman–Crippen MR) is 180 cm³/mol. The molecule has 4 aromatic rings. The Kier molecular flexibility index (Phi) is 9.03. The highest BCUT2D eigenvalue weighted by Gasteiger charge is 2.66. The lowest BCUT2D eigenvalue weighted by molar-refractivity contribution is -0.146. The van der Waals surface area contributed by atoms with Gasteiger partial charge in [-0.3, -0.25) is 14.3 Å². The number of carbonyl (C=O) groups is 2. The van der Waals surface area contributed by atoms with Gasteiger partial charge in [0.25, 0.3) is 11.8 Å². The number of amides is 2. The van der Waals surface area contributed by atoms with Crippen LogP contribution in [0.3, 0.4) is 0 Å². The summed E-state index contributed by atoms with van der Waals surface area (Å²) < 4.78 is 13.8. The quantitative estimate of drug-likeness (QED) is 0.201. The summed E-state index contributed by atoms with van der Waals surface area (Å²) in [5.74, 6) is -0.0184. The first kappa shape index (κ1) is 32.6. The molecule has 3 heterocycles. The average molecular weight is 656 g/mol. The Bertz CT molecular complexity index is 1760. The maximum absolute atomic E-state index is 14.7. The van der Waals surface area contributed by atoms with Gasteiger partial charge in [-0.25, -0.2) is 0 Å². The standard InChI is InChI=1S/C35H41N5O6Si/c1-23-32(47(3,4)44)31(16-18-39-22-27(17-19-41)37-38-39)46-35(23)29-10-5-6-11-30(29)40(34(35)43)21-24-8-7-9-26(20-24)36-33(42)25-12-14-28(45-2)15-13-25/h5-15,20,22-23,31-32,41,44H,16-19,21H2,1-4H3,(H,36,42)/t23-,31+,32-,35+/m0/s1. The minimum Gasteiger partial charge on any atom is -0.497 e. The molecule has 4 atom stereocenters. The molecule has 3 N–H and O–H groups in total. The molecule has 2 aliphatic heterocycles. The molecular formula is C35H41N5O6Si. The van der Waals surface area contributed by atoms with Crippen LogP contribution in [0, 0.1) is 5.92 Å². The summed E-state index contributed by atoms with van der Waals surface area (Å²) in [5, 5.41) is 20.5. The maximum Gasteiger partial charge on any atom is 0.264 e. The van der Waals surface area contributed by atoms with Crippen molar-refractivity contribution >= 4 is 31.5 Å². The first-order valence-corrected chi connectivity index (χ1v) is 18.9. The summed E-state index contributed by atoms with van der Waals surface area (Å²) in [6.45, 7) is 6.62. The molecule has 6 rings (SSSR count). The number of hydrogen-bond acceptors (Lipinski definition) is 8. The first-order valence-electron chi connectivity index (χ1n) is 15.9. The van der Waals surface area contributed by atoms with Gasteiger partial charge in [0.05, 0.1) is 31.1 Å². The van der Waals surface area contributed by atoms with Gasteiger partial charge in [0.2, 0.25) is 0 Å². The van der Waals surface area contributed by atoms with Crippen LogP contribution < -0.4 is 15.0 Å². The predicted octanol–water partition coefficient (Wildman–Crippen LogP) is 4.51. The molecule has 1 spiro atoms. The third-order valence-electron chi connectivity index (χ3n) is 9.37. The van der Waals surface area contributed by atoms with Gasteiger partial charge in [0.1, 0.15) is 5.75 Å². The van der Waals surface area contributed by atoms with Crippen LogP contribution >= 0.6 is 0 Å². The molecule has 12 heteroatoms. The smallest absolute Gasteiger partial charge is 0.264 e. The molecule has 11 nitrogen and oxygen atoms in total. The average Bonchev–Trinajstić information content (AvgIpc) is 3.70. The third-order valence-corrected chi connectivity index (χ3v) is 11.9. The molecule has 1 fully saturated rings. The normalized spacial score (nSPS) is 22.1. The van der Waals surface area contributed by atoms with Crippen LogP contribution in [0.15, 0.2) is 79.0 Å². The van der Waals surface area contributed by atoms with E-state index < -0.39 is 13.9 Å². The third kappa shape index (κ3) is 6.21. The fourth-order valence-electron chi connectivity index (χ4n) is 7.27.